The van der Waals surface area contributed by atoms with Gasteiger partial charge in [0, 0.05) is 24.3 Å². The van der Waals surface area contributed by atoms with Gasteiger partial charge in [0.05, 0.1) is 17.8 Å². The molecule has 0 spiro atoms. The van der Waals surface area contributed by atoms with Crippen molar-refractivity contribution in [2.24, 2.45) is 11.7 Å². The predicted molar refractivity (Wildman–Crippen MR) is 97.7 cm³/mol. The monoisotopic (exact) mass is 366 g/mol. The van der Waals surface area contributed by atoms with E-state index in [2.05, 4.69) is 5.10 Å². The number of hydrogen-bond acceptors (Lipinski definition) is 3. The molecule has 1 atom stereocenters. The summed E-state index contributed by atoms with van der Waals surface area (Å²) in [5.41, 5.74) is 9.19. The second-order valence-electron chi connectivity index (χ2n) is 6.44. The molecular formula is C18H24ClFN4O. The largest absolute Gasteiger partial charge is 0.342 e. The minimum absolute atomic E-state index is 0. The summed E-state index contributed by atoms with van der Waals surface area (Å²) in [5.74, 6) is 0.257. The fraction of sp³-hybridized carbons (Fsp3) is 0.444. The van der Waals surface area contributed by atoms with E-state index in [0.29, 0.717) is 18.9 Å². The predicted octanol–water partition coefficient (Wildman–Crippen LogP) is 2.40. The van der Waals surface area contributed by atoms with Gasteiger partial charge in [-0.25, -0.2) is 9.07 Å². The van der Waals surface area contributed by atoms with E-state index in [-0.39, 0.29) is 24.1 Å². The van der Waals surface area contributed by atoms with E-state index in [1.165, 1.54) is 12.1 Å². The van der Waals surface area contributed by atoms with Crippen LogP contribution in [0.25, 0.3) is 5.69 Å². The molecule has 7 heteroatoms. The minimum atomic E-state index is -0.279. The summed E-state index contributed by atoms with van der Waals surface area (Å²) in [6.45, 7) is 6.01. The summed E-state index contributed by atoms with van der Waals surface area (Å²) >= 11 is 0. The van der Waals surface area contributed by atoms with Crippen LogP contribution >= 0.6 is 12.4 Å². The van der Waals surface area contributed by atoms with Crippen LogP contribution in [0.15, 0.2) is 24.3 Å². The van der Waals surface area contributed by atoms with Crippen LogP contribution in [0.3, 0.4) is 0 Å². The van der Waals surface area contributed by atoms with Crippen LogP contribution in [0.4, 0.5) is 4.39 Å². The van der Waals surface area contributed by atoms with Gasteiger partial charge in [-0.3, -0.25) is 4.79 Å². The van der Waals surface area contributed by atoms with Crippen molar-refractivity contribution < 1.29 is 9.18 Å². The van der Waals surface area contributed by atoms with E-state index in [1.807, 2.05) is 18.7 Å². The zero-order chi connectivity index (χ0) is 17.3. The first kappa shape index (κ1) is 19.4. The second-order valence-corrected chi connectivity index (χ2v) is 6.44. The summed E-state index contributed by atoms with van der Waals surface area (Å²) in [7, 11) is 0. The summed E-state index contributed by atoms with van der Waals surface area (Å²) in [4.78, 5) is 14.5. The Bertz CT molecular complexity index is 744. The maximum Gasteiger partial charge on any atom is 0.227 e. The van der Waals surface area contributed by atoms with Gasteiger partial charge in [0.15, 0.2) is 0 Å². The summed E-state index contributed by atoms with van der Waals surface area (Å²) in [6, 6.07) is 6.20. The van der Waals surface area contributed by atoms with Gasteiger partial charge in [0.25, 0.3) is 0 Å². The van der Waals surface area contributed by atoms with Gasteiger partial charge < -0.3 is 10.6 Å². The van der Waals surface area contributed by atoms with Gasteiger partial charge in [-0.15, -0.1) is 12.4 Å². The zero-order valence-corrected chi connectivity index (χ0v) is 15.4. The quantitative estimate of drug-likeness (QED) is 0.903. The van der Waals surface area contributed by atoms with Crippen molar-refractivity contribution in [1.29, 1.82) is 0 Å². The van der Waals surface area contributed by atoms with Gasteiger partial charge in [-0.2, -0.15) is 5.10 Å². The van der Waals surface area contributed by atoms with E-state index in [4.69, 9.17) is 5.73 Å². The first-order valence-corrected chi connectivity index (χ1v) is 8.28. The Morgan fingerprint density at radius 3 is 2.60 bits per heavy atom. The number of halogens is 2. The molecule has 1 aromatic carbocycles. The Balaban J connectivity index is 0.00000225. The second kappa shape index (κ2) is 7.97. The van der Waals surface area contributed by atoms with Crippen molar-refractivity contribution in [2.75, 3.05) is 19.6 Å². The molecule has 2 heterocycles. The van der Waals surface area contributed by atoms with Crippen molar-refractivity contribution >= 4 is 18.3 Å². The fourth-order valence-corrected chi connectivity index (χ4v) is 3.28. The van der Waals surface area contributed by atoms with E-state index >= 15 is 0 Å². The summed E-state index contributed by atoms with van der Waals surface area (Å²) < 4.78 is 14.9. The third kappa shape index (κ3) is 4.02. The molecule has 25 heavy (non-hydrogen) atoms. The number of aromatic nitrogens is 2. The number of rotatable bonds is 4. The lowest BCUT2D eigenvalue weighted by Gasteiger charge is -2.16. The van der Waals surface area contributed by atoms with E-state index in [0.717, 1.165) is 42.1 Å². The van der Waals surface area contributed by atoms with Crippen LogP contribution < -0.4 is 5.73 Å². The van der Waals surface area contributed by atoms with Crippen LogP contribution in [-0.4, -0.2) is 40.2 Å². The first-order chi connectivity index (χ1) is 11.5. The Morgan fingerprint density at radius 2 is 2.00 bits per heavy atom. The number of benzene rings is 1. The first-order valence-electron chi connectivity index (χ1n) is 8.28. The van der Waals surface area contributed by atoms with Crippen molar-refractivity contribution in [3.05, 3.63) is 47.0 Å². The minimum Gasteiger partial charge on any atom is -0.342 e. The molecule has 0 bridgehead atoms. The average Bonchev–Trinajstić information content (AvgIpc) is 3.16. The van der Waals surface area contributed by atoms with Crippen LogP contribution in [0.5, 0.6) is 0 Å². The smallest absolute Gasteiger partial charge is 0.227 e. The zero-order valence-electron chi connectivity index (χ0n) is 14.5. The normalized spacial score (nSPS) is 16.8. The molecule has 0 radical (unpaired) electrons. The number of nitrogens with zero attached hydrogens (tertiary/aromatic N) is 3. The molecule has 1 aliphatic rings. The van der Waals surface area contributed by atoms with Gasteiger partial charge in [0.2, 0.25) is 5.91 Å². The van der Waals surface area contributed by atoms with Crippen LogP contribution in [0.1, 0.15) is 23.4 Å². The molecule has 0 saturated carbocycles. The molecule has 3 rings (SSSR count). The molecule has 1 aliphatic heterocycles. The maximum atomic E-state index is 13.1. The molecule has 1 saturated heterocycles. The Labute approximate surface area is 153 Å². The van der Waals surface area contributed by atoms with E-state index in [9.17, 15) is 9.18 Å². The van der Waals surface area contributed by atoms with Crippen LogP contribution in [-0.2, 0) is 11.2 Å². The number of carbonyl (C=O) groups is 1. The van der Waals surface area contributed by atoms with E-state index in [1.54, 1.807) is 16.8 Å². The number of carbonyl (C=O) groups excluding carboxylic acids is 1. The Hall–Kier alpha value is -1.92. The van der Waals surface area contributed by atoms with Crippen LogP contribution in [0.2, 0.25) is 0 Å². The molecule has 2 aromatic rings. The molecule has 1 amide bonds. The van der Waals surface area contributed by atoms with E-state index < -0.39 is 0 Å². The molecular weight excluding hydrogens is 343 g/mol. The van der Waals surface area contributed by atoms with Crippen molar-refractivity contribution in [3.8, 4) is 5.69 Å². The van der Waals surface area contributed by atoms with Gasteiger partial charge >= 0.3 is 0 Å². The van der Waals surface area contributed by atoms with Gasteiger partial charge in [-0.1, -0.05) is 0 Å². The maximum absolute atomic E-state index is 13.1. The highest BCUT2D eigenvalue weighted by Gasteiger charge is 2.26. The van der Waals surface area contributed by atoms with Crippen molar-refractivity contribution in [3.63, 3.8) is 0 Å². The standard InChI is InChI=1S/C18H23FN4O.ClH/c1-12-17(9-18(24)22-8-7-14(10-20)11-22)13(2)23(21-12)16-5-3-15(19)4-6-16;/h3-6,14H,7-11,20H2,1-2H3;1H. The Morgan fingerprint density at radius 1 is 1.32 bits per heavy atom. The Kier molecular flexibility index (Phi) is 6.19. The average molecular weight is 367 g/mol. The van der Waals surface area contributed by atoms with Gasteiger partial charge in [0.1, 0.15) is 5.82 Å². The highest BCUT2D eigenvalue weighted by molar-refractivity contribution is 5.85. The molecule has 1 unspecified atom stereocenters. The van der Waals surface area contributed by atoms with Crippen molar-refractivity contribution in [1.82, 2.24) is 14.7 Å². The molecule has 1 fully saturated rings. The summed E-state index contributed by atoms with van der Waals surface area (Å²) in [5, 5.41) is 4.52. The third-order valence-electron chi connectivity index (χ3n) is 4.81. The molecule has 0 aliphatic carbocycles. The van der Waals surface area contributed by atoms with Crippen molar-refractivity contribution in [2.45, 2.75) is 26.7 Å². The lowest BCUT2D eigenvalue weighted by Crippen LogP contribution is -2.31. The number of aryl methyl sites for hydroxylation is 1. The molecule has 136 valence electrons. The molecule has 2 N–H and O–H groups in total. The summed E-state index contributed by atoms with van der Waals surface area (Å²) in [6.07, 6.45) is 1.32. The van der Waals surface area contributed by atoms with Crippen LogP contribution in [0, 0.1) is 25.6 Å². The highest BCUT2D eigenvalue weighted by Crippen LogP contribution is 2.21. The molecule has 5 nitrogen and oxygen atoms in total. The molecule has 1 aromatic heterocycles. The number of likely N-dealkylation sites (tertiary alicyclic amines) is 1. The fourth-order valence-electron chi connectivity index (χ4n) is 3.28. The number of hydrogen-bond donors (Lipinski definition) is 1. The number of amides is 1. The SMILES string of the molecule is Cc1nn(-c2ccc(F)cc2)c(C)c1CC(=O)N1CCC(CN)C1.Cl. The lowest BCUT2D eigenvalue weighted by molar-refractivity contribution is -0.129. The van der Waals surface area contributed by atoms with Gasteiger partial charge in [-0.05, 0) is 57.0 Å². The lowest BCUT2D eigenvalue weighted by atomic mass is 10.1. The topological polar surface area (TPSA) is 64.2 Å². The number of nitrogens with two attached hydrogens (primary N) is 1. The third-order valence-corrected chi connectivity index (χ3v) is 4.81. The highest BCUT2D eigenvalue weighted by atomic mass is 35.5.